The first-order chi connectivity index (χ1) is 9.19. The van der Waals surface area contributed by atoms with Crippen LogP contribution in [0.5, 0.6) is 0 Å². The van der Waals surface area contributed by atoms with Crippen molar-refractivity contribution in [3.8, 4) is 0 Å². The highest BCUT2D eigenvalue weighted by Crippen LogP contribution is 2.12. The van der Waals surface area contributed by atoms with Crippen molar-refractivity contribution in [3.05, 3.63) is 53.9 Å². The van der Waals surface area contributed by atoms with E-state index in [1.165, 1.54) is 5.56 Å². The monoisotopic (exact) mass is 258 g/mol. The predicted octanol–water partition coefficient (Wildman–Crippen LogP) is 3.21. The van der Waals surface area contributed by atoms with E-state index in [4.69, 9.17) is 5.11 Å². The van der Waals surface area contributed by atoms with Gasteiger partial charge in [0.15, 0.2) is 0 Å². The molecule has 0 atom stereocenters. The van der Waals surface area contributed by atoms with Crippen LogP contribution in [0.1, 0.15) is 29.3 Å². The summed E-state index contributed by atoms with van der Waals surface area (Å²) in [5.41, 5.74) is 2.31. The van der Waals surface area contributed by atoms with E-state index in [0.29, 0.717) is 12.1 Å². The van der Waals surface area contributed by atoms with Gasteiger partial charge in [0, 0.05) is 31.2 Å². The minimum atomic E-state index is -0.905. The zero-order valence-corrected chi connectivity index (χ0v) is 11.0. The zero-order valence-electron chi connectivity index (χ0n) is 11.0. The molecule has 0 fully saturated rings. The van der Waals surface area contributed by atoms with Crippen molar-refractivity contribution in [1.29, 1.82) is 0 Å². The zero-order chi connectivity index (χ0) is 13.7. The molecule has 100 valence electrons. The summed E-state index contributed by atoms with van der Waals surface area (Å²) in [6.45, 7) is 3.86. The molecule has 1 heterocycles. The number of nitrogens with one attached hydrogen (secondary N) is 1. The number of carbonyl (C=O) groups is 1. The van der Waals surface area contributed by atoms with Gasteiger partial charge in [-0.1, -0.05) is 13.0 Å². The average molecular weight is 258 g/mol. The summed E-state index contributed by atoms with van der Waals surface area (Å²) in [6, 6.07) is 8.92. The van der Waals surface area contributed by atoms with Gasteiger partial charge in [0.2, 0.25) is 0 Å². The summed E-state index contributed by atoms with van der Waals surface area (Å²) < 4.78 is 2.16. The SMILES string of the molecule is CCCn1ccc(CNc2cccc(C(=O)O)c2)c1. The van der Waals surface area contributed by atoms with Crippen molar-refractivity contribution < 1.29 is 9.90 Å². The molecule has 0 spiro atoms. The highest BCUT2D eigenvalue weighted by Gasteiger charge is 2.03. The fraction of sp³-hybridized carbons (Fsp3) is 0.267. The van der Waals surface area contributed by atoms with Crippen LogP contribution >= 0.6 is 0 Å². The first-order valence-corrected chi connectivity index (χ1v) is 6.41. The molecular formula is C15H18N2O2. The maximum Gasteiger partial charge on any atom is 0.335 e. The Morgan fingerprint density at radius 1 is 1.37 bits per heavy atom. The standard InChI is InChI=1S/C15H18N2O2/c1-2-7-17-8-6-12(11-17)10-16-14-5-3-4-13(9-14)15(18)19/h3-6,8-9,11,16H,2,7,10H2,1H3,(H,18,19). The van der Waals surface area contributed by atoms with Crippen molar-refractivity contribution in [1.82, 2.24) is 4.57 Å². The molecular weight excluding hydrogens is 240 g/mol. The van der Waals surface area contributed by atoms with E-state index in [9.17, 15) is 4.79 Å². The summed E-state index contributed by atoms with van der Waals surface area (Å²) in [5, 5.41) is 12.2. The predicted molar refractivity (Wildman–Crippen MR) is 75.5 cm³/mol. The maximum atomic E-state index is 10.9. The molecule has 1 aromatic carbocycles. The molecule has 0 saturated heterocycles. The topological polar surface area (TPSA) is 54.3 Å². The smallest absolute Gasteiger partial charge is 0.335 e. The Hall–Kier alpha value is -2.23. The van der Waals surface area contributed by atoms with Crippen LogP contribution in [0.3, 0.4) is 0 Å². The van der Waals surface area contributed by atoms with E-state index in [1.807, 2.05) is 6.07 Å². The largest absolute Gasteiger partial charge is 0.478 e. The Morgan fingerprint density at radius 2 is 2.21 bits per heavy atom. The van der Waals surface area contributed by atoms with Crippen LogP contribution in [-0.4, -0.2) is 15.6 Å². The molecule has 0 saturated carbocycles. The Labute approximate surface area is 112 Å². The number of aromatic carboxylic acids is 1. The average Bonchev–Trinajstić information content (AvgIpc) is 2.85. The summed E-state index contributed by atoms with van der Waals surface area (Å²) in [7, 11) is 0. The third kappa shape index (κ3) is 3.61. The lowest BCUT2D eigenvalue weighted by Crippen LogP contribution is -2.01. The van der Waals surface area contributed by atoms with Crippen LogP contribution in [0.2, 0.25) is 0 Å². The van der Waals surface area contributed by atoms with Crippen LogP contribution in [0.4, 0.5) is 5.69 Å². The summed E-state index contributed by atoms with van der Waals surface area (Å²) in [4.78, 5) is 10.9. The second-order valence-electron chi connectivity index (χ2n) is 4.50. The van der Waals surface area contributed by atoms with Gasteiger partial charge in [-0.25, -0.2) is 4.79 Å². The van der Waals surface area contributed by atoms with Crippen LogP contribution in [0.15, 0.2) is 42.7 Å². The molecule has 2 rings (SSSR count). The number of aryl methyl sites for hydroxylation is 1. The molecule has 2 aromatic rings. The van der Waals surface area contributed by atoms with Gasteiger partial charge < -0.3 is 15.0 Å². The quantitative estimate of drug-likeness (QED) is 0.836. The van der Waals surface area contributed by atoms with Crippen LogP contribution in [-0.2, 0) is 13.1 Å². The van der Waals surface area contributed by atoms with Gasteiger partial charge in [-0.2, -0.15) is 0 Å². The second-order valence-corrected chi connectivity index (χ2v) is 4.50. The van der Waals surface area contributed by atoms with Gasteiger partial charge in [-0.3, -0.25) is 0 Å². The molecule has 4 nitrogen and oxygen atoms in total. The molecule has 0 aliphatic heterocycles. The minimum absolute atomic E-state index is 0.300. The molecule has 0 bridgehead atoms. The third-order valence-electron chi connectivity index (χ3n) is 2.90. The van der Waals surface area contributed by atoms with Gasteiger partial charge in [0.25, 0.3) is 0 Å². The molecule has 1 aromatic heterocycles. The van der Waals surface area contributed by atoms with E-state index in [0.717, 1.165) is 18.7 Å². The lowest BCUT2D eigenvalue weighted by Gasteiger charge is -2.06. The molecule has 0 unspecified atom stereocenters. The number of rotatable bonds is 6. The van der Waals surface area contributed by atoms with Crippen LogP contribution in [0, 0.1) is 0 Å². The normalized spacial score (nSPS) is 10.4. The van der Waals surface area contributed by atoms with E-state index in [-0.39, 0.29) is 0 Å². The molecule has 4 heteroatoms. The first-order valence-electron chi connectivity index (χ1n) is 6.41. The second kappa shape index (κ2) is 6.09. The Bertz CT molecular complexity index is 561. The fourth-order valence-corrected chi connectivity index (χ4v) is 1.96. The van der Waals surface area contributed by atoms with Crippen LogP contribution < -0.4 is 5.32 Å². The van der Waals surface area contributed by atoms with Gasteiger partial charge in [-0.05, 0) is 36.2 Å². The summed E-state index contributed by atoms with van der Waals surface area (Å²) in [6.07, 6.45) is 5.29. The number of hydrogen-bond acceptors (Lipinski definition) is 2. The number of aromatic nitrogens is 1. The number of benzene rings is 1. The maximum absolute atomic E-state index is 10.9. The highest BCUT2D eigenvalue weighted by molar-refractivity contribution is 5.88. The molecule has 0 radical (unpaired) electrons. The molecule has 0 aliphatic rings. The Balaban J connectivity index is 1.97. The van der Waals surface area contributed by atoms with E-state index in [1.54, 1.807) is 18.2 Å². The number of nitrogens with zero attached hydrogens (tertiary/aromatic N) is 1. The van der Waals surface area contributed by atoms with Crippen molar-refractivity contribution in [2.75, 3.05) is 5.32 Å². The molecule has 0 aliphatic carbocycles. The number of anilines is 1. The van der Waals surface area contributed by atoms with Gasteiger partial charge in [-0.15, -0.1) is 0 Å². The number of hydrogen-bond donors (Lipinski definition) is 2. The number of carboxylic acids is 1. The van der Waals surface area contributed by atoms with Crippen molar-refractivity contribution in [2.24, 2.45) is 0 Å². The summed E-state index contributed by atoms with van der Waals surface area (Å²) >= 11 is 0. The molecule has 2 N–H and O–H groups in total. The van der Waals surface area contributed by atoms with Crippen LogP contribution in [0.25, 0.3) is 0 Å². The van der Waals surface area contributed by atoms with E-state index >= 15 is 0 Å². The van der Waals surface area contributed by atoms with Gasteiger partial charge in [0.1, 0.15) is 0 Å². The highest BCUT2D eigenvalue weighted by atomic mass is 16.4. The van der Waals surface area contributed by atoms with Crippen molar-refractivity contribution >= 4 is 11.7 Å². The lowest BCUT2D eigenvalue weighted by atomic mass is 10.2. The van der Waals surface area contributed by atoms with Gasteiger partial charge >= 0.3 is 5.97 Å². The third-order valence-corrected chi connectivity index (χ3v) is 2.90. The summed E-state index contributed by atoms with van der Waals surface area (Å²) in [5.74, 6) is -0.905. The Kier molecular flexibility index (Phi) is 4.23. The lowest BCUT2D eigenvalue weighted by molar-refractivity contribution is 0.0697. The first kappa shape index (κ1) is 13.2. The van der Waals surface area contributed by atoms with Gasteiger partial charge in [0.05, 0.1) is 5.56 Å². The van der Waals surface area contributed by atoms with Crippen molar-refractivity contribution in [2.45, 2.75) is 26.4 Å². The van der Waals surface area contributed by atoms with E-state index in [2.05, 4.69) is 35.3 Å². The molecule has 0 amide bonds. The Morgan fingerprint density at radius 3 is 2.95 bits per heavy atom. The number of carboxylic acid groups (broad SMARTS) is 1. The minimum Gasteiger partial charge on any atom is -0.478 e. The van der Waals surface area contributed by atoms with Crippen molar-refractivity contribution in [3.63, 3.8) is 0 Å². The molecule has 19 heavy (non-hydrogen) atoms. The van der Waals surface area contributed by atoms with E-state index < -0.39 is 5.97 Å². The fourth-order valence-electron chi connectivity index (χ4n) is 1.96.